The highest BCUT2D eigenvalue weighted by atomic mass is 32.2. The zero-order chi connectivity index (χ0) is 17.6. The molecule has 5 nitrogen and oxygen atoms in total. The van der Waals surface area contributed by atoms with E-state index in [9.17, 15) is 4.79 Å². The molecule has 0 unspecified atom stereocenters. The van der Waals surface area contributed by atoms with Gasteiger partial charge in [0.2, 0.25) is 5.13 Å². The van der Waals surface area contributed by atoms with E-state index in [1.807, 2.05) is 12.1 Å². The predicted molar refractivity (Wildman–Crippen MR) is 102 cm³/mol. The number of anilines is 1. The molecule has 0 spiro atoms. The number of nitrogens with one attached hydrogen (secondary N) is 1. The average molecular weight is 390 g/mol. The summed E-state index contributed by atoms with van der Waals surface area (Å²) in [5.74, 6) is 4.31. The number of hydrogen-bond donors (Lipinski definition) is 1. The summed E-state index contributed by atoms with van der Waals surface area (Å²) in [4.78, 5) is 13.1. The third-order valence-electron chi connectivity index (χ3n) is 6.36. The zero-order valence-electron chi connectivity index (χ0n) is 14.6. The Morgan fingerprint density at radius 1 is 1.23 bits per heavy atom. The topological polar surface area (TPSA) is 68.0 Å². The summed E-state index contributed by atoms with van der Waals surface area (Å²) >= 11 is 3.06. The average Bonchev–Trinajstić information content (AvgIpc) is 3.28. The second-order valence-corrected chi connectivity index (χ2v) is 10.4. The molecule has 2 aromatic heterocycles. The summed E-state index contributed by atoms with van der Waals surface area (Å²) in [6, 6.07) is 3.79. The van der Waals surface area contributed by atoms with E-state index in [4.69, 9.17) is 4.42 Å². The van der Waals surface area contributed by atoms with Crippen molar-refractivity contribution in [2.24, 2.45) is 23.2 Å². The number of ketones is 1. The van der Waals surface area contributed by atoms with Crippen molar-refractivity contribution in [3.63, 3.8) is 0 Å². The molecule has 0 aliphatic heterocycles. The van der Waals surface area contributed by atoms with Gasteiger partial charge in [0.15, 0.2) is 4.34 Å². The van der Waals surface area contributed by atoms with E-state index in [1.165, 1.54) is 30.6 Å². The summed E-state index contributed by atoms with van der Waals surface area (Å²) < 4.78 is 6.17. The lowest BCUT2D eigenvalue weighted by molar-refractivity contribution is -0.141. The highest BCUT2D eigenvalue weighted by Gasteiger charge is 2.54. The first kappa shape index (κ1) is 16.8. The van der Waals surface area contributed by atoms with Gasteiger partial charge in [0.1, 0.15) is 11.5 Å². The summed E-state index contributed by atoms with van der Waals surface area (Å²) in [6.07, 6.45) is 9.22. The van der Waals surface area contributed by atoms with E-state index < -0.39 is 0 Å². The van der Waals surface area contributed by atoms with Crippen molar-refractivity contribution >= 4 is 34.0 Å². The number of furan rings is 1. The minimum absolute atomic E-state index is 0.00714. The number of nitrogens with zero attached hydrogens (tertiary/aromatic N) is 2. The van der Waals surface area contributed by atoms with Crippen LogP contribution in [0.5, 0.6) is 0 Å². The van der Waals surface area contributed by atoms with Gasteiger partial charge in [0, 0.05) is 5.41 Å². The van der Waals surface area contributed by atoms with Crippen LogP contribution in [0.15, 0.2) is 27.2 Å². The Labute approximate surface area is 161 Å². The van der Waals surface area contributed by atoms with E-state index in [1.54, 1.807) is 18.0 Å². The number of hydrogen-bond acceptors (Lipinski definition) is 7. The third-order valence-corrected chi connectivity index (χ3v) is 8.37. The zero-order valence-corrected chi connectivity index (χ0v) is 16.3. The first-order valence-corrected chi connectivity index (χ1v) is 11.2. The van der Waals surface area contributed by atoms with Crippen LogP contribution in [-0.2, 0) is 11.3 Å². The molecule has 4 fully saturated rings. The molecule has 4 aliphatic rings. The fourth-order valence-electron chi connectivity index (χ4n) is 5.65. The SMILES string of the molecule is O=C(CSc1nnc(NCc2ccco2)s1)C12CC3CC(CC(C3)C1)C2. The van der Waals surface area contributed by atoms with Gasteiger partial charge in [-0.05, 0) is 68.4 Å². The highest BCUT2D eigenvalue weighted by Crippen LogP contribution is 2.60. The molecule has 0 saturated heterocycles. The summed E-state index contributed by atoms with van der Waals surface area (Å²) in [5, 5.41) is 12.4. The standard InChI is InChI=1S/C19H23N3O2S2/c23-16(19-7-12-4-13(8-19)6-14(5-12)9-19)11-25-18-22-21-17(26-18)20-10-15-2-1-3-24-15/h1-3,12-14H,4-11H2,(H,20,21). The second-order valence-electron chi connectivity index (χ2n) is 8.22. The number of carbonyl (C=O) groups is 1. The smallest absolute Gasteiger partial charge is 0.206 e. The van der Waals surface area contributed by atoms with Crippen LogP contribution in [0.3, 0.4) is 0 Å². The largest absolute Gasteiger partial charge is 0.467 e. The van der Waals surface area contributed by atoms with E-state index in [0.29, 0.717) is 18.1 Å². The van der Waals surface area contributed by atoms with Crippen molar-refractivity contribution in [2.45, 2.75) is 49.4 Å². The van der Waals surface area contributed by atoms with Crippen molar-refractivity contribution in [1.29, 1.82) is 0 Å². The fourth-order valence-corrected chi connectivity index (χ4v) is 7.43. The van der Waals surface area contributed by atoms with Crippen LogP contribution in [-0.4, -0.2) is 21.7 Å². The first-order chi connectivity index (χ1) is 12.7. The van der Waals surface area contributed by atoms with E-state index in [2.05, 4.69) is 15.5 Å². The lowest BCUT2D eigenvalue weighted by atomic mass is 9.48. The Bertz CT molecular complexity index is 751. The maximum atomic E-state index is 13.1. The molecular weight excluding hydrogens is 366 g/mol. The van der Waals surface area contributed by atoms with Crippen LogP contribution in [0.1, 0.15) is 44.3 Å². The number of Topliss-reactive ketones (excluding diaryl/α,β-unsaturated/α-hetero) is 1. The number of thioether (sulfide) groups is 1. The van der Waals surface area contributed by atoms with Crippen molar-refractivity contribution in [2.75, 3.05) is 11.1 Å². The maximum Gasteiger partial charge on any atom is 0.206 e. The van der Waals surface area contributed by atoms with Gasteiger partial charge in [-0.25, -0.2) is 0 Å². The van der Waals surface area contributed by atoms with Crippen LogP contribution >= 0.6 is 23.1 Å². The maximum absolute atomic E-state index is 13.1. The number of carbonyl (C=O) groups excluding carboxylic acids is 1. The van der Waals surface area contributed by atoms with E-state index in [-0.39, 0.29) is 5.41 Å². The Morgan fingerprint density at radius 3 is 2.62 bits per heavy atom. The molecule has 0 aromatic carbocycles. The summed E-state index contributed by atoms with van der Waals surface area (Å²) in [7, 11) is 0. The molecule has 0 radical (unpaired) electrons. The van der Waals surface area contributed by atoms with Crippen LogP contribution in [0, 0.1) is 23.2 Å². The van der Waals surface area contributed by atoms with Crippen LogP contribution in [0.25, 0.3) is 0 Å². The van der Waals surface area contributed by atoms with Crippen molar-refractivity contribution in [1.82, 2.24) is 10.2 Å². The predicted octanol–water partition coefficient (Wildman–Crippen LogP) is 4.62. The van der Waals surface area contributed by atoms with Gasteiger partial charge in [-0.1, -0.05) is 23.1 Å². The molecule has 138 valence electrons. The van der Waals surface area contributed by atoms with Gasteiger partial charge in [-0.2, -0.15) is 0 Å². The van der Waals surface area contributed by atoms with E-state index >= 15 is 0 Å². The molecular formula is C19H23N3O2S2. The van der Waals surface area contributed by atoms with E-state index in [0.717, 1.165) is 52.2 Å². The van der Waals surface area contributed by atoms with Crippen molar-refractivity contribution < 1.29 is 9.21 Å². The minimum Gasteiger partial charge on any atom is -0.467 e. The molecule has 4 saturated carbocycles. The quantitative estimate of drug-likeness (QED) is 0.697. The Hall–Kier alpha value is -1.34. The molecule has 2 heterocycles. The normalized spacial score (nSPS) is 32.1. The van der Waals surface area contributed by atoms with Crippen LogP contribution < -0.4 is 5.32 Å². The molecule has 4 bridgehead atoms. The van der Waals surface area contributed by atoms with Gasteiger partial charge in [-0.3, -0.25) is 4.79 Å². The Morgan fingerprint density at radius 2 is 1.96 bits per heavy atom. The lowest BCUT2D eigenvalue weighted by Gasteiger charge is -2.56. The van der Waals surface area contributed by atoms with Crippen molar-refractivity contribution in [3.8, 4) is 0 Å². The lowest BCUT2D eigenvalue weighted by Crippen LogP contribution is -2.50. The highest BCUT2D eigenvalue weighted by molar-refractivity contribution is 8.01. The second kappa shape index (κ2) is 6.68. The van der Waals surface area contributed by atoms with Gasteiger partial charge in [-0.15, -0.1) is 10.2 Å². The third kappa shape index (κ3) is 3.20. The van der Waals surface area contributed by atoms with Crippen LogP contribution in [0.4, 0.5) is 5.13 Å². The molecule has 4 aliphatic carbocycles. The van der Waals surface area contributed by atoms with Crippen molar-refractivity contribution in [3.05, 3.63) is 24.2 Å². The Balaban J connectivity index is 1.17. The van der Waals surface area contributed by atoms with Crippen LogP contribution in [0.2, 0.25) is 0 Å². The molecule has 26 heavy (non-hydrogen) atoms. The van der Waals surface area contributed by atoms with Gasteiger partial charge in [0.25, 0.3) is 0 Å². The van der Waals surface area contributed by atoms with Gasteiger partial charge in [0.05, 0.1) is 18.6 Å². The molecule has 1 N–H and O–H groups in total. The fraction of sp³-hybridized carbons (Fsp3) is 0.632. The molecule has 7 heteroatoms. The molecule has 2 aromatic rings. The van der Waals surface area contributed by atoms with Gasteiger partial charge < -0.3 is 9.73 Å². The monoisotopic (exact) mass is 389 g/mol. The Kier molecular flexibility index (Phi) is 4.32. The number of rotatable bonds is 7. The molecule has 0 atom stereocenters. The van der Waals surface area contributed by atoms with Gasteiger partial charge >= 0.3 is 0 Å². The minimum atomic E-state index is -0.00714. The number of aromatic nitrogens is 2. The molecule has 6 rings (SSSR count). The first-order valence-electron chi connectivity index (χ1n) is 9.44. The summed E-state index contributed by atoms with van der Waals surface area (Å²) in [5.41, 5.74) is -0.00714. The molecule has 0 amide bonds. The summed E-state index contributed by atoms with van der Waals surface area (Å²) in [6.45, 7) is 0.596.